The summed E-state index contributed by atoms with van der Waals surface area (Å²) in [7, 11) is 1.67. The van der Waals surface area contributed by atoms with Crippen LogP contribution in [0.25, 0.3) is 0 Å². The van der Waals surface area contributed by atoms with Crippen molar-refractivity contribution in [3.63, 3.8) is 0 Å². The van der Waals surface area contributed by atoms with Crippen LogP contribution in [0.4, 0.5) is 5.82 Å². The summed E-state index contributed by atoms with van der Waals surface area (Å²) in [4.78, 5) is 4.23. The van der Waals surface area contributed by atoms with E-state index in [1.54, 1.807) is 13.3 Å². The number of pyridine rings is 1. The lowest BCUT2D eigenvalue weighted by Gasteiger charge is -2.07. The van der Waals surface area contributed by atoms with E-state index in [0.29, 0.717) is 19.8 Å². The number of anilines is 1. The number of aromatic nitrogens is 1. The van der Waals surface area contributed by atoms with Crippen LogP contribution in [0.2, 0.25) is 0 Å². The fraction of sp³-hybridized carbons (Fsp3) is 0.583. The van der Waals surface area contributed by atoms with E-state index in [-0.39, 0.29) is 0 Å². The second kappa shape index (κ2) is 8.07. The van der Waals surface area contributed by atoms with Gasteiger partial charge >= 0.3 is 0 Å². The van der Waals surface area contributed by atoms with Crippen LogP contribution in [0.5, 0.6) is 0 Å². The van der Waals surface area contributed by atoms with Crippen molar-refractivity contribution in [3.05, 3.63) is 23.9 Å². The molecule has 1 N–H and O–H groups in total. The Kier molecular flexibility index (Phi) is 6.53. The molecule has 16 heavy (non-hydrogen) atoms. The van der Waals surface area contributed by atoms with Crippen molar-refractivity contribution in [1.29, 1.82) is 0 Å². The zero-order chi connectivity index (χ0) is 11.6. The van der Waals surface area contributed by atoms with E-state index in [2.05, 4.69) is 17.2 Å². The lowest BCUT2D eigenvalue weighted by Crippen LogP contribution is -2.04. The molecule has 0 spiro atoms. The summed E-state index contributed by atoms with van der Waals surface area (Å²) in [5.41, 5.74) is 1.13. The topological polar surface area (TPSA) is 43.4 Å². The largest absolute Gasteiger partial charge is 0.382 e. The van der Waals surface area contributed by atoms with Gasteiger partial charge in [0, 0.05) is 19.9 Å². The molecule has 1 rings (SSSR count). The zero-order valence-electron chi connectivity index (χ0n) is 10.0. The molecule has 0 aromatic carbocycles. The fourth-order valence-electron chi connectivity index (χ4n) is 1.25. The van der Waals surface area contributed by atoms with Crippen LogP contribution < -0.4 is 5.32 Å². The van der Waals surface area contributed by atoms with Gasteiger partial charge in [-0.25, -0.2) is 4.98 Å². The SMILES string of the molecule is CCCNc1cc(COCCOC)ccn1. The third-order valence-corrected chi connectivity index (χ3v) is 2.08. The zero-order valence-corrected chi connectivity index (χ0v) is 10.0. The van der Waals surface area contributed by atoms with Crippen molar-refractivity contribution in [2.24, 2.45) is 0 Å². The molecule has 0 bridgehead atoms. The third kappa shape index (κ3) is 5.09. The summed E-state index contributed by atoms with van der Waals surface area (Å²) < 4.78 is 10.3. The van der Waals surface area contributed by atoms with Gasteiger partial charge in [0.25, 0.3) is 0 Å². The van der Waals surface area contributed by atoms with E-state index in [1.165, 1.54) is 0 Å². The summed E-state index contributed by atoms with van der Waals surface area (Å²) >= 11 is 0. The van der Waals surface area contributed by atoms with Crippen molar-refractivity contribution in [2.45, 2.75) is 20.0 Å². The molecular formula is C12H20N2O2. The average molecular weight is 224 g/mol. The van der Waals surface area contributed by atoms with E-state index >= 15 is 0 Å². The molecule has 0 saturated carbocycles. The van der Waals surface area contributed by atoms with Crippen LogP contribution in [-0.4, -0.2) is 31.9 Å². The highest BCUT2D eigenvalue weighted by Gasteiger charge is 1.96. The second-order valence-corrected chi connectivity index (χ2v) is 3.52. The molecule has 0 radical (unpaired) electrons. The first-order valence-corrected chi connectivity index (χ1v) is 5.62. The van der Waals surface area contributed by atoms with Crippen LogP contribution in [0.15, 0.2) is 18.3 Å². The molecule has 0 atom stereocenters. The summed E-state index contributed by atoms with van der Waals surface area (Å²) in [6.07, 6.45) is 2.89. The smallest absolute Gasteiger partial charge is 0.126 e. The van der Waals surface area contributed by atoms with Crippen molar-refractivity contribution >= 4 is 5.82 Å². The van der Waals surface area contributed by atoms with Gasteiger partial charge in [0.2, 0.25) is 0 Å². The van der Waals surface area contributed by atoms with E-state index in [1.807, 2.05) is 12.1 Å². The Balaban J connectivity index is 2.35. The van der Waals surface area contributed by atoms with E-state index < -0.39 is 0 Å². The van der Waals surface area contributed by atoms with Crippen molar-refractivity contribution in [2.75, 3.05) is 32.2 Å². The van der Waals surface area contributed by atoms with Crippen LogP contribution in [0.3, 0.4) is 0 Å². The maximum Gasteiger partial charge on any atom is 0.126 e. The molecule has 1 heterocycles. The number of ether oxygens (including phenoxy) is 2. The van der Waals surface area contributed by atoms with Crippen molar-refractivity contribution < 1.29 is 9.47 Å². The van der Waals surface area contributed by atoms with Gasteiger partial charge in [-0.2, -0.15) is 0 Å². The Morgan fingerprint density at radius 3 is 3.00 bits per heavy atom. The van der Waals surface area contributed by atoms with Gasteiger partial charge in [-0.3, -0.25) is 0 Å². The highest BCUT2D eigenvalue weighted by atomic mass is 16.5. The van der Waals surface area contributed by atoms with Gasteiger partial charge in [0.1, 0.15) is 5.82 Å². The van der Waals surface area contributed by atoms with Gasteiger partial charge in [-0.1, -0.05) is 6.92 Å². The molecule has 0 saturated heterocycles. The Morgan fingerprint density at radius 2 is 2.25 bits per heavy atom. The van der Waals surface area contributed by atoms with Crippen LogP contribution in [0, 0.1) is 0 Å². The minimum Gasteiger partial charge on any atom is -0.382 e. The summed E-state index contributed by atoms with van der Waals surface area (Å²) in [5, 5.41) is 3.24. The number of nitrogens with zero attached hydrogens (tertiary/aromatic N) is 1. The Hall–Kier alpha value is -1.13. The van der Waals surface area contributed by atoms with Gasteiger partial charge in [0.15, 0.2) is 0 Å². The monoisotopic (exact) mass is 224 g/mol. The Labute approximate surface area is 97.0 Å². The molecule has 0 aliphatic heterocycles. The summed E-state index contributed by atoms with van der Waals surface area (Å²) in [6, 6.07) is 3.98. The van der Waals surface area contributed by atoms with Gasteiger partial charge < -0.3 is 14.8 Å². The maximum absolute atomic E-state index is 5.44. The average Bonchev–Trinajstić information content (AvgIpc) is 2.33. The molecule has 0 aliphatic carbocycles. The van der Waals surface area contributed by atoms with Gasteiger partial charge in [-0.15, -0.1) is 0 Å². The number of hydrogen-bond acceptors (Lipinski definition) is 4. The molecule has 1 aromatic heterocycles. The molecular weight excluding hydrogens is 204 g/mol. The van der Waals surface area contributed by atoms with Gasteiger partial charge in [-0.05, 0) is 24.1 Å². The summed E-state index contributed by atoms with van der Waals surface area (Å²) in [6.45, 7) is 4.93. The first kappa shape index (κ1) is 12.9. The maximum atomic E-state index is 5.44. The van der Waals surface area contributed by atoms with Crippen LogP contribution in [-0.2, 0) is 16.1 Å². The lowest BCUT2D eigenvalue weighted by molar-refractivity contribution is 0.0616. The Morgan fingerprint density at radius 1 is 1.38 bits per heavy atom. The van der Waals surface area contributed by atoms with Crippen molar-refractivity contribution in [3.8, 4) is 0 Å². The molecule has 0 fully saturated rings. The highest BCUT2D eigenvalue weighted by molar-refractivity contribution is 5.37. The molecule has 4 heteroatoms. The number of rotatable bonds is 8. The third-order valence-electron chi connectivity index (χ3n) is 2.08. The standard InChI is InChI=1S/C12H20N2O2/c1-3-5-13-12-9-11(4-6-14-12)10-16-8-7-15-2/h4,6,9H,3,5,7-8,10H2,1-2H3,(H,13,14). The lowest BCUT2D eigenvalue weighted by atomic mass is 10.3. The molecule has 0 unspecified atom stereocenters. The number of hydrogen-bond donors (Lipinski definition) is 1. The highest BCUT2D eigenvalue weighted by Crippen LogP contribution is 2.07. The first-order valence-electron chi connectivity index (χ1n) is 5.62. The minimum absolute atomic E-state index is 0.604. The normalized spacial score (nSPS) is 10.4. The second-order valence-electron chi connectivity index (χ2n) is 3.52. The number of nitrogens with one attached hydrogen (secondary N) is 1. The summed E-state index contributed by atoms with van der Waals surface area (Å²) in [5.74, 6) is 0.912. The molecule has 0 aliphatic rings. The quantitative estimate of drug-likeness (QED) is 0.686. The van der Waals surface area contributed by atoms with Crippen molar-refractivity contribution in [1.82, 2.24) is 4.98 Å². The van der Waals surface area contributed by atoms with E-state index in [4.69, 9.17) is 9.47 Å². The predicted octanol–water partition coefficient (Wildman–Crippen LogP) is 2.07. The predicted molar refractivity (Wildman–Crippen MR) is 64.5 cm³/mol. The van der Waals surface area contributed by atoms with Crippen LogP contribution in [0.1, 0.15) is 18.9 Å². The molecule has 0 amide bonds. The van der Waals surface area contributed by atoms with E-state index in [0.717, 1.165) is 24.3 Å². The molecule has 4 nitrogen and oxygen atoms in total. The molecule has 1 aromatic rings. The van der Waals surface area contributed by atoms with E-state index in [9.17, 15) is 0 Å². The number of methoxy groups -OCH3 is 1. The minimum atomic E-state index is 0.604. The van der Waals surface area contributed by atoms with Crippen LogP contribution >= 0.6 is 0 Å². The first-order chi connectivity index (χ1) is 7.86. The fourth-order valence-corrected chi connectivity index (χ4v) is 1.25. The molecule has 90 valence electrons. The van der Waals surface area contributed by atoms with Gasteiger partial charge in [0.05, 0.1) is 19.8 Å². The Bertz CT molecular complexity index is 292.